The average molecular weight is 260 g/mol. The predicted octanol–water partition coefficient (Wildman–Crippen LogP) is 1.94. The van der Waals surface area contributed by atoms with Crippen molar-refractivity contribution in [3.8, 4) is 11.8 Å². The van der Waals surface area contributed by atoms with Crippen molar-refractivity contribution < 1.29 is 9.84 Å². The molecule has 1 unspecified atom stereocenters. The van der Waals surface area contributed by atoms with Gasteiger partial charge in [0.1, 0.15) is 16.9 Å². The molecule has 102 valence electrons. The minimum absolute atomic E-state index is 0.121. The van der Waals surface area contributed by atoms with Crippen LogP contribution in [0.4, 0.5) is 0 Å². The summed E-state index contributed by atoms with van der Waals surface area (Å²) >= 11 is 0. The lowest BCUT2D eigenvalue weighted by Crippen LogP contribution is -2.51. The zero-order valence-electron chi connectivity index (χ0n) is 11.4. The number of aliphatic hydroxyl groups excluding tert-OH is 1. The van der Waals surface area contributed by atoms with E-state index in [1.807, 2.05) is 38.1 Å². The molecular formula is C15H20N2O2. The molecule has 1 aromatic carbocycles. The summed E-state index contributed by atoms with van der Waals surface area (Å²) in [5.74, 6) is 0.761. The standard InChI is InChI=1S/C15H20N2O2/c1-14(2)10-15(11-16,17-8-5-9-18)12-6-3-4-7-13(12)19-14/h3-4,6-7,17-18H,5,8-10H2,1-2H3. The maximum atomic E-state index is 9.69. The molecule has 1 aromatic rings. The van der Waals surface area contributed by atoms with Crippen molar-refractivity contribution in [3.05, 3.63) is 29.8 Å². The van der Waals surface area contributed by atoms with Gasteiger partial charge in [0.05, 0.1) is 6.07 Å². The first kappa shape index (κ1) is 13.9. The van der Waals surface area contributed by atoms with Gasteiger partial charge in [-0.25, -0.2) is 0 Å². The van der Waals surface area contributed by atoms with Gasteiger partial charge >= 0.3 is 0 Å². The Balaban J connectivity index is 2.39. The Morgan fingerprint density at radius 1 is 1.42 bits per heavy atom. The quantitative estimate of drug-likeness (QED) is 0.812. The molecule has 0 saturated heterocycles. The summed E-state index contributed by atoms with van der Waals surface area (Å²) in [5.41, 5.74) is -0.251. The molecule has 0 amide bonds. The third kappa shape index (κ3) is 2.73. The van der Waals surface area contributed by atoms with Crippen LogP contribution in [0, 0.1) is 11.3 Å². The highest BCUT2D eigenvalue weighted by Gasteiger charge is 2.45. The van der Waals surface area contributed by atoms with Crippen LogP contribution in [-0.2, 0) is 5.54 Å². The first-order valence-electron chi connectivity index (χ1n) is 6.59. The monoisotopic (exact) mass is 260 g/mol. The number of rotatable bonds is 4. The number of hydrogen-bond donors (Lipinski definition) is 2. The first-order valence-corrected chi connectivity index (χ1v) is 6.59. The van der Waals surface area contributed by atoms with Crippen molar-refractivity contribution in [2.45, 2.75) is 37.8 Å². The number of nitriles is 1. The predicted molar refractivity (Wildman–Crippen MR) is 72.8 cm³/mol. The molecular weight excluding hydrogens is 240 g/mol. The van der Waals surface area contributed by atoms with Crippen LogP contribution < -0.4 is 10.1 Å². The van der Waals surface area contributed by atoms with Crippen LogP contribution in [0.25, 0.3) is 0 Å². The maximum Gasteiger partial charge on any atom is 0.139 e. The largest absolute Gasteiger partial charge is 0.487 e. The van der Waals surface area contributed by atoms with Gasteiger partial charge in [-0.15, -0.1) is 0 Å². The number of aliphatic hydroxyl groups is 1. The van der Waals surface area contributed by atoms with Crippen molar-refractivity contribution in [1.82, 2.24) is 5.32 Å². The molecule has 0 bridgehead atoms. The minimum Gasteiger partial charge on any atom is -0.487 e. The summed E-state index contributed by atoms with van der Waals surface area (Å²) in [5, 5.41) is 21.9. The number of nitrogens with zero attached hydrogens (tertiary/aromatic N) is 1. The number of nitrogens with one attached hydrogen (secondary N) is 1. The fourth-order valence-electron chi connectivity index (χ4n) is 2.65. The summed E-state index contributed by atoms with van der Waals surface area (Å²) in [6.07, 6.45) is 1.21. The minimum atomic E-state index is -0.743. The van der Waals surface area contributed by atoms with E-state index < -0.39 is 11.1 Å². The van der Waals surface area contributed by atoms with E-state index >= 15 is 0 Å². The Morgan fingerprint density at radius 3 is 2.84 bits per heavy atom. The van der Waals surface area contributed by atoms with Gasteiger partial charge in [-0.05, 0) is 32.9 Å². The van der Waals surface area contributed by atoms with E-state index in [4.69, 9.17) is 9.84 Å². The van der Waals surface area contributed by atoms with Crippen LogP contribution in [0.1, 0.15) is 32.3 Å². The van der Waals surface area contributed by atoms with E-state index in [2.05, 4.69) is 11.4 Å². The van der Waals surface area contributed by atoms with E-state index in [9.17, 15) is 5.26 Å². The zero-order chi connectivity index (χ0) is 13.9. The molecule has 1 heterocycles. The lowest BCUT2D eigenvalue weighted by Gasteiger charge is -2.42. The Kier molecular flexibility index (Phi) is 3.79. The van der Waals surface area contributed by atoms with Gasteiger partial charge < -0.3 is 9.84 Å². The molecule has 19 heavy (non-hydrogen) atoms. The van der Waals surface area contributed by atoms with E-state index in [1.165, 1.54) is 0 Å². The van der Waals surface area contributed by atoms with Crippen LogP contribution in [0.2, 0.25) is 0 Å². The Morgan fingerprint density at radius 2 is 2.16 bits per heavy atom. The Hall–Kier alpha value is -1.57. The van der Waals surface area contributed by atoms with Gasteiger partial charge in [0.25, 0.3) is 0 Å². The molecule has 2 N–H and O–H groups in total. The van der Waals surface area contributed by atoms with Crippen LogP contribution >= 0.6 is 0 Å². The molecule has 1 aliphatic heterocycles. The smallest absolute Gasteiger partial charge is 0.139 e. The normalized spacial score (nSPS) is 24.1. The Bertz CT molecular complexity index is 493. The maximum absolute atomic E-state index is 9.69. The molecule has 0 aliphatic carbocycles. The van der Waals surface area contributed by atoms with Gasteiger partial charge in [0.2, 0.25) is 0 Å². The van der Waals surface area contributed by atoms with Crippen molar-refractivity contribution in [2.75, 3.05) is 13.2 Å². The van der Waals surface area contributed by atoms with Gasteiger partial charge in [-0.2, -0.15) is 5.26 Å². The van der Waals surface area contributed by atoms with Crippen LogP contribution in [0.5, 0.6) is 5.75 Å². The van der Waals surface area contributed by atoms with E-state index in [0.717, 1.165) is 11.3 Å². The SMILES string of the molecule is CC1(C)CC(C#N)(NCCCO)c2ccccc2O1. The molecule has 0 fully saturated rings. The van der Waals surface area contributed by atoms with E-state index in [0.29, 0.717) is 19.4 Å². The summed E-state index contributed by atoms with van der Waals surface area (Å²) in [6.45, 7) is 4.70. The van der Waals surface area contributed by atoms with Crippen LogP contribution in [0.15, 0.2) is 24.3 Å². The third-order valence-electron chi connectivity index (χ3n) is 3.38. The molecule has 0 saturated carbocycles. The highest BCUT2D eigenvalue weighted by atomic mass is 16.5. The topological polar surface area (TPSA) is 65.3 Å². The lowest BCUT2D eigenvalue weighted by molar-refractivity contribution is 0.0488. The second kappa shape index (κ2) is 5.20. The second-order valence-corrected chi connectivity index (χ2v) is 5.56. The van der Waals surface area contributed by atoms with Crippen molar-refractivity contribution >= 4 is 0 Å². The number of fused-ring (bicyclic) bond motifs is 1. The summed E-state index contributed by atoms with van der Waals surface area (Å²) in [4.78, 5) is 0. The lowest BCUT2D eigenvalue weighted by atomic mass is 9.78. The van der Waals surface area contributed by atoms with Crippen molar-refractivity contribution in [3.63, 3.8) is 0 Å². The fraction of sp³-hybridized carbons (Fsp3) is 0.533. The molecule has 0 radical (unpaired) electrons. The molecule has 1 aliphatic rings. The number of benzene rings is 1. The fourth-order valence-corrected chi connectivity index (χ4v) is 2.65. The Labute approximate surface area is 114 Å². The molecule has 1 atom stereocenters. The van der Waals surface area contributed by atoms with Crippen molar-refractivity contribution in [2.24, 2.45) is 0 Å². The summed E-state index contributed by atoms with van der Waals surface area (Å²) in [7, 11) is 0. The average Bonchev–Trinajstić information content (AvgIpc) is 2.37. The highest BCUT2D eigenvalue weighted by molar-refractivity contribution is 5.46. The van der Waals surface area contributed by atoms with Gasteiger partial charge in [0.15, 0.2) is 0 Å². The number of ether oxygens (including phenoxy) is 1. The molecule has 0 spiro atoms. The number of hydrogen-bond acceptors (Lipinski definition) is 4. The number of para-hydroxylation sites is 1. The van der Waals surface area contributed by atoms with Gasteiger partial charge in [-0.3, -0.25) is 5.32 Å². The summed E-state index contributed by atoms with van der Waals surface area (Å²) < 4.78 is 5.94. The third-order valence-corrected chi connectivity index (χ3v) is 3.38. The van der Waals surface area contributed by atoms with Crippen molar-refractivity contribution in [1.29, 1.82) is 5.26 Å². The molecule has 0 aromatic heterocycles. The molecule has 4 nitrogen and oxygen atoms in total. The van der Waals surface area contributed by atoms with Gasteiger partial charge in [-0.1, -0.05) is 18.2 Å². The zero-order valence-corrected chi connectivity index (χ0v) is 11.4. The molecule has 2 rings (SSSR count). The second-order valence-electron chi connectivity index (χ2n) is 5.56. The van der Waals surface area contributed by atoms with E-state index in [1.54, 1.807) is 0 Å². The van der Waals surface area contributed by atoms with Crippen LogP contribution in [-0.4, -0.2) is 23.9 Å². The van der Waals surface area contributed by atoms with Crippen LogP contribution in [0.3, 0.4) is 0 Å². The highest BCUT2D eigenvalue weighted by Crippen LogP contribution is 2.42. The molecule has 4 heteroatoms. The van der Waals surface area contributed by atoms with Gasteiger partial charge in [0, 0.05) is 18.6 Å². The summed E-state index contributed by atoms with van der Waals surface area (Å²) in [6, 6.07) is 10.1. The first-order chi connectivity index (χ1) is 9.03. The van der Waals surface area contributed by atoms with E-state index in [-0.39, 0.29) is 6.61 Å².